The molecule has 3 aromatic rings. The van der Waals surface area contributed by atoms with Crippen LogP contribution < -0.4 is 5.32 Å². The summed E-state index contributed by atoms with van der Waals surface area (Å²) < 4.78 is 2.05. The number of imidazole rings is 1. The molecule has 1 aromatic heterocycles. The molecule has 0 fully saturated rings. The SMILES string of the molecule is CC(C)c1ccccc1-n1ccnc1SCC(=O)Nc1ccccc1. The number of para-hydroxylation sites is 2. The number of nitrogens with one attached hydrogen (secondary N) is 1. The minimum Gasteiger partial charge on any atom is -0.325 e. The lowest BCUT2D eigenvalue weighted by molar-refractivity contribution is -0.113. The summed E-state index contributed by atoms with van der Waals surface area (Å²) in [4.78, 5) is 16.6. The lowest BCUT2D eigenvalue weighted by atomic mass is 10.0. The van der Waals surface area contributed by atoms with Gasteiger partial charge in [0.1, 0.15) is 0 Å². The molecular weight excluding hydrogens is 330 g/mol. The van der Waals surface area contributed by atoms with Gasteiger partial charge in [0.25, 0.3) is 0 Å². The molecule has 0 atom stereocenters. The Morgan fingerprint density at radius 3 is 2.60 bits per heavy atom. The van der Waals surface area contributed by atoms with Crippen LogP contribution in [0.2, 0.25) is 0 Å². The van der Waals surface area contributed by atoms with Crippen molar-refractivity contribution in [1.29, 1.82) is 0 Å². The van der Waals surface area contributed by atoms with E-state index in [1.165, 1.54) is 17.3 Å². The second-order valence-corrected chi connectivity index (χ2v) is 6.94. The van der Waals surface area contributed by atoms with E-state index in [1.807, 2.05) is 42.6 Å². The zero-order chi connectivity index (χ0) is 17.6. The molecule has 25 heavy (non-hydrogen) atoms. The average molecular weight is 351 g/mol. The largest absolute Gasteiger partial charge is 0.325 e. The van der Waals surface area contributed by atoms with Gasteiger partial charge < -0.3 is 5.32 Å². The molecule has 0 unspecified atom stereocenters. The van der Waals surface area contributed by atoms with Crippen molar-refractivity contribution >= 4 is 23.4 Å². The van der Waals surface area contributed by atoms with Crippen LogP contribution in [0, 0.1) is 0 Å². The predicted octanol–water partition coefficient (Wildman–Crippen LogP) is 4.73. The van der Waals surface area contributed by atoms with Gasteiger partial charge in [-0.25, -0.2) is 4.98 Å². The standard InChI is InChI=1S/C20H21N3OS/c1-15(2)17-10-6-7-11-18(17)23-13-12-21-20(23)25-14-19(24)22-16-8-4-3-5-9-16/h3-13,15H,14H2,1-2H3,(H,22,24). The van der Waals surface area contributed by atoms with Gasteiger partial charge in [0.2, 0.25) is 5.91 Å². The van der Waals surface area contributed by atoms with Crippen LogP contribution in [0.5, 0.6) is 0 Å². The lowest BCUT2D eigenvalue weighted by Crippen LogP contribution is -2.14. The molecule has 0 bridgehead atoms. The van der Waals surface area contributed by atoms with E-state index >= 15 is 0 Å². The maximum absolute atomic E-state index is 12.2. The normalized spacial score (nSPS) is 10.8. The van der Waals surface area contributed by atoms with Crippen LogP contribution in [0.1, 0.15) is 25.3 Å². The molecule has 5 heteroatoms. The third kappa shape index (κ3) is 4.31. The molecule has 128 valence electrons. The zero-order valence-corrected chi connectivity index (χ0v) is 15.2. The first-order valence-corrected chi connectivity index (χ1v) is 9.24. The highest BCUT2D eigenvalue weighted by atomic mass is 32.2. The number of nitrogens with zero attached hydrogens (tertiary/aromatic N) is 2. The van der Waals surface area contributed by atoms with Gasteiger partial charge in [-0.05, 0) is 29.7 Å². The number of carbonyl (C=O) groups excluding carboxylic acids is 1. The molecule has 0 aliphatic carbocycles. The number of aromatic nitrogens is 2. The fraction of sp³-hybridized carbons (Fsp3) is 0.200. The molecule has 0 aliphatic rings. The molecule has 4 nitrogen and oxygen atoms in total. The highest BCUT2D eigenvalue weighted by molar-refractivity contribution is 7.99. The number of hydrogen-bond donors (Lipinski definition) is 1. The number of thioether (sulfide) groups is 1. The quantitative estimate of drug-likeness (QED) is 0.653. The molecule has 1 heterocycles. The highest BCUT2D eigenvalue weighted by Crippen LogP contribution is 2.27. The number of benzene rings is 2. The summed E-state index contributed by atoms with van der Waals surface area (Å²) in [5.74, 6) is 0.691. The van der Waals surface area contributed by atoms with Crippen LogP contribution in [0.15, 0.2) is 72.1 Å². The number of anilines is 1. The Morgan fingerprint density at radius 2 is 1.84 bits per heavy atom. The van der Waals surface area contributed by atoms with Gasteiger partial charge in [0.15, 0.2) is 5.16 Å². The fourth-order valence-corrected chi connectivity index (χ4v) is 3.39. The minimum absolute atomic E-state index is 0.0390. The maximum atomic E-state index is 12.2. The third-order valence-corrected chi connectivity index (χ3v) is 4.78. The van der Waals surface area contributed by atoms with E-state index in [0.29, 0.717) is 11.7 Å². The van der Waals surface area contributed by atoms with Crippen molar-refractivity contribution in [2.75, 3.05) is 11.1 Å². The number of carbonyl (C=O) groups is 1. The van der Waals surface area contributed by atoms with Gasteiger partial charge in [0.05, 0.1) is 11.4 Å². The van der Waals surface area contributed by atoms with Gasteiger partial charge in [-0.2, -0.15) is 0 Å². The van der Waals surface area contributed by atoms with Crippen LogP contribution in [0.25, 0.3) is 5.69 Å². The Morgan fingerprint density at radius 1 is 1.12 bits per heavy atom. The van der Waals surface area contributed by atoms with Crippen molar-refractivity contribution < 1.29 is 4.79 Å². The van der Waals surface area contributed by atoms with E-state index < -0.39 is 0 Å². The molecule has 0 radical (unpaired) electrons. The third-order valence-electron chi connectivity index (χ3n) is 3.82. The maximum Gasteiger partial charge on any atom is 0.234 e. The topological polar surface area (TPSA) is 46.9 Å². The fourth-order valence-electron chi connectivity index (χ4n) is 2.62. The summed E-state index contributed by atoms with van der Waals surface area (Å²) in [6, 6.07) is 17.8. The molecule has 0 aliphatic heterocycles. The van der Waals surface area contributed by atoms with Gasteiger partial charge in [-0.3, -0.25) is 9.36 Å². The van der Waals surface area contributed by atoms with Crippen molar-refractivity contribution in [2.24, 2.45) is 0 Å². The average Bonchev–Trinajstić information content (AvgIpc) is 3.09. The van der Waals surface area contributed by atoms with Crippen molar-refractivity contribution in [3.05, 3.63) is 72.6 Å². The first kappa shape index (κ1) is 17.3. The van der Waals surface area contributed by atoms with Gasteiger partial charge in [-0.15, -0.1) is 0 Å². The highest BCUT2D eigenvalue weighted by Gasteiger charge is 2.13. The summed E-state index contributed by atoms with van der Waals surface area (Å²) in [5, 5.41) is 3.71. The smallest absolute Gasteiger partial charge is 0.234 e. The van der Waals surface area contributed by atoms with Crippen molar-refractivity contribution in [2.45, 2.75) is 24.9 Å². The molecular formula is C20H21N3OS. The van der Waals surface area contributed by atoms with Crippen LogP contribution in [0.4, 0.5) is 5.69 Å². The van der Waals surface area contributed by atoms with E-state index in [1.54, 1.807) is 6.20 Å². The number of rotatable bonds is 6. The summed E-state index contributed by atoms with van der Waals surface area (Å²) in [6.45, 7) is 4.35. The van der Waals surface area contributed by atoms with Gasteiger partial charge >= 0.3 is 0 Å². The number of amides is 1. The lowest BCUT2D eigenvalue weighted by Gasteiger charge is -2.15. The molecule has 2 aromatic carbocycles. The van der Waals surface area contributed by atoms with E-state index in [2.05, 4.69) is 46.9 Å². The Hall–Kier alpha value is -2.53. The van der Waals surface area contributed by atoms with Crippen LogP contribution in [-0.4, -0.2) is 21.2 Å². The monoisotopic (exact) mass is 351 g/mol. The molecule has 1 N–H and O–H groups in total. The number of hydrogen-bond acceptors (Lipinski definition) is 3. The Labute approximate surface area is 152 Å². The zero-order valence-electron chi connectivity index (χ0n) is 14.3. The molecule has 3 rings (SSSR count). The van der Waals surface area contributed by atoms with Crippen molar-refractivity contribution in [1.82, 2.24) is 9.55 Å². The van der Waals surface area contributed by atoms with E-state index in [-0.39, 0.29) is 5.91 Å². The first-order valence-electron chi connectivity index (χ1n) is 8.25. The van der Waals surface area contributed by atoms with Gasteiger partial charge in [0, 0.05) is 18.1 Å². The summed E-state index contributed by atoms with van der Waals surface area (Å²) >= 11 is 1.44. The second-order valence-electron chi connectivity index (χ2n) is 6.00. The van der Waals surface area contributed by atoms with Crippen molar-refractivity contribution in [3.63, 3.8) is 0 Å². The van der Waals surface area contributed by atoms with Crippen LogP contribution in [-0.2, 0) is 4.79 Å². The molecule has 0 spiro atoms. The first-order chi connectivity index (χ1) is 12.1. The molecule has 1 amide bonds. The van der Waals surface area contributed by atoms with Crippen LogP contribution >= 0.6 is 11.8 Å². The molecule has 0 saturated carbocycles. The molecule has 0 saturated heterocycles. The Kier molecular flexibility index (Phi) is 5.56. The summed E-state index contributed by atoms with van der Waals surface area (Å²) in [5.41, 5.74) is 3.18. The second kappa shape index (κ2) is 8.03. The summed E-state index contributed by atoms with van der Waals surface area (Å²) in [6.07, 6.45) is 3.72. The Bertz CT molecular complexity index is 843. The van der Waals surface area contributed by atoms with E-state index in [0.717, 1.165) is 16.5 Å². The minimum atomic E-state index is -0.0390. The van der Waals surface area contributed by atoms with Gasteiger partial charge in [-0.1, -0.05) is 62.0 Å². The van der Waals surface area contributed by atoms with Crippen molar-refractivity contribution in [3.8, 4) is 5.69 Å². The van der Waals surface area contributed by atoms with E-state index in [9.17, 15) is 4.79 Å². The summed E-state index contributed by atoms with van der Waals surface area (Å²) in [7, 11) is 0. The predicted molar refractivity (Wildman–Crippen MR) is 103 cm³/mol. The Balaban J connectivity index is 1.72. The van der Waals surface area contributed by atoms with E-state index in [4.69, 9.17) is 0 Å². The van der Waals surface area contributed by atoms with Crippen LogP contribution in [0.3, 0.4) is 0 Å².